The Labute approximate surface area is 176 Å². The van der Waals surface area contributed by atoms with Crippen molar-refractivity contribution in [3.8, 4) is 5.75 Å². The van der Waals surface area contributed by atoms with E-state index in [4.69, 9.17) is 14.2 Å². The summed E-state index contributed by atoms with van der Waals surface area (Å²) < 4.78 is 17.5. The predicted octanol–water partition coefficient (Wildman–Crippen LogP) is 3.67. The summed E-state index contributed by atoms with van der Waals surface area (Å²) >= 11 is 0. The van der Waals surface area contributed by atoms with Gasteiger partial charge in [-0.1, -0.05) is 26.0 Å². The number of aliphatic imine (C=N–C) groups is 1. The molecule has 0 radical (unpaired) electrons. The Morgan fingerprint density at radius 3 is 2.55 bits per heavy atom. The third-order valence-electron chi connectivity index (χ3n) is 5.44. The summed E-state index contributed by atoms with van der Waals surface area (Å²) in [6.07, 6.45) is 2.99. The SMILES string of the molecule is CN=C(NCc1ccc(C)cc1OC(C)CC(C)C)NCC1(OC)CCOCC1. The van der Waals surface area contributed by atoms with Crippen LogP contribution in [0.15, 0.2) is 23.2 Å². The number of aryl methyl sites for hydroxylation is 1. The summed E-state index contributed by atoms with van der Waals surface area (Å²) in [5.74, 6) is 2.31. The Morgan fingerprint density at radius 2 is 1.93 bits per heavy atom. The summed E-state index contributed by atoms with van der Waals surface area (Å²) in [6.45, 7) is 11.5. The molecule has 1 aromatic rings. The molecule has 1 aliphatic rings. The second-order valence-electron chi connectivity index (χ2n) is 8.45. The maximum atomic E-state index is 6.26. The van der Waals surface area contributed by atoms with Gasteiger partial charge in [-0.25, -0.2) is 0 Å². The molecule has 1 atom stereocenters. The minimum Gasteiger partial charge on any atom is -0.490 e. The highest BCUT2D eigenvalue weighted by atomic mass is 16.5. The first-order chi connectivity index (χ1) is 13.9. The minimum absolute atomic E-state index is 0.183. The van der Waals surface area contributed by atoms with Crippen molar-refractivity contribution >= 4 is 5.96 Å². The summed E-state index contributed by atoms with van der Waals surface area (Å²) in [6, 6.07) is 6.36. The molecule has 164 valence electrons. The van der Waals surface area contributed by atoms with Crippen molar-refractivity contribution in [2.24, 2.45) is 10.9 Å². The predicted molar refractivity (Wildman–Crippen MR) is 119 cm³/mol. The van der Waals surface area contributed by atoms with E-state index in [0.29, 0.717) is 19.0 Å². The molecule has 0 spiro atoms. The zero-order valence-electron chi connectivity index (χ0n) is 19.0. The quantitative estimate of drug-likeness (QED) is 0.485. The lowest BCUT2D eigenvalue weighted by Gasteiger charge is -2.36. The number of guanidine groups is 1. The van der Waals surface area contributed by atoms with Crippen molar-refractivity contribution in [1.29, 1.82) is 0 Å². The van der Waals surface area contributed by atoms with Gasteiger partial charge in [0.15, 0.2) is 5.96 Å². The zero-order valence-corrected chi connectivity index (χ0v) is 19.0. The Morgan fingerprint density at radius 1 is 1.21 bits per heavy atom. The van der Waals surface area contributed by atoms with Gasteiger partial charge in [0, 0.05) is 58.9 Å². The van der Waals surface area contributed by atoms with Gasteiger partial charge in [0.25, 0.3) is 0 Å². The fraction of sp³-hybridized carbons (Fsp3) is 0.696. The van der Waals surface area contributed by atoms with Crippen molar-refractivity contribution < 1.29 is 14.2 Å². The van der Waals surface area contributed by atoms with Crippen molar-refractivity contribution in [1.82, 2.24) is 10.6 Å². The van der Waals surface area contributed by atoms with Crippen LogP contribution in [0.25, 0.3) is 0 Å². The van der Waals surface area contributed by atoms with Crippen LogP contribution < -0.4 is 15.4 Å². The summed E-state index contributed by atoms with van der Waals surface area (Å²) in [5, 5.41) is 6.83. The van der Waals surface area contributed by atoms with E-state index in [1.165, 1.54) is 5.56 Å². The highest BCUT2D eigenvalue weighted by molar-refractivity contribution is 5.79. The average molecular weight is 406 g/mol. The monoisotopic (exact) mass is 405 g/mol. The van der Waals surface area contributed by atoms with Crippen molar-refractivity contribution in [2.45, 2.75) is 65.2 Å². The van der Waals surface area contributed by atoms with Crippen LogP contribution in [0, 0.1) is 12.8 Å². The van der Waals surface area contributed by atoms with Crippen LogP contribution >= 0.6 is 0 Å². The molecule has 6 heteroatoms. The molecule has 2 N–H and O–H groups in total. The third-order valence-corrected chi connectivity index (χ3v) is 5.44. The fourth-order valence-electron chi connectivity index (χ4n) is 3.69. The molecule has 0 saturated carbocycles. The fourth-order valence-corrected chi connectivity index (χ4v) is 3.69. The van der Waals surface area contributed by atoms with Gasteiger partial charge < -0.3 is 24.8 Å². The molecular formula is C23H39N3O3. The van der Waals surface area contributed by atoms with Crippen LogP contribution in [0.5, 0.6) is 5.75 Å². The molecule has 0 bridgehead atoms. The van der Waals surface area contributed by atoms with Gasteiger partial charge in [0.05, 0.1) is 11.7 Å². The second kappa shape index (κ2) is 11.4. The lowest BCUT2D eigenvalue weighted by atomic mass is 9.94. The number of nitrogens with zero attached hydrogens (tertiary/aromatic N) is 1. The van der Waals surface area contributed by atoms with Crippen molar-refractivity contribution in [2.75, 3.05) is 33.9 Å². The van der Waals surface area contributed by atoms with Gasteiger partial charge in [-0.15, -0.1) is 0 Å². The number of hydrogen-bond acceptors (Lipinski definition) is 4. The van der Waals surface area contributed by atoms with E-state index in [2.05, 4.69) is 61.5 Å². The van der Waals surface area contributed by atoms with Gasteiger partial charge in [0.2, 0.25) is 0 Å². The van der Waals surface area contributed by atoms with E-state index in [0.717, 1.165) is 49.7 Å². The van der Waals surface area contributed by atoms with Gasteiger partial charge in [-0.3, -0.25) is 4.99 Å². The molecule has 1 unspecified atom stereocenters. The highest BCUT2D eigenvalue weighted by Gasteiger charge is 2.32. The van der Waals surface area contributed by atoms with Gasteiger partial charge in [0.1, 0.15) is 5.75 Å². The van der Waals surface area contributed by atoms with Crippen LogP contribution in [-0.2, 0) is 16.0 Å². The first-order valence-electron chi connectivity index (χ1n) is 10.7. The normalized spacial score (nSPS) is 17.8. The molecule has 1 aromatic carbocycles. The van der Waals surface area contributed by atoms with Gasteiger partial charge >= 0.3 is 0 Å². The van der Waals surface area contributed by atoms with Crippen LogP contribution in [0.4, 0.5) is 0 Å². The standard InChI is InChI=1S/C23H39N3O3/c1-17(2)13-19(4)29-21-14-18(3)7-8-20(21)15-25-22(24-5)26-16-23(27-6)9-11-28-12-10-23/h7-8,14,17,19H,9-13,15-16H2,1-6H3,(H2,24,25,26). The molecule has 0 amide bonds. The van der Waals surface area contributed by atoms with Crippen molar-refractivity contribution in [3.05, 3.63) is 29.3 Å². The van der Waals surface area contributed by atoms with E-state index >= 15 is 0 Å². The first kappa shape index (κ1) is 23.5. The van der Waals surface area contributed by atoms with Gasteiger partial charge in [-0.2, -0.15) is 0 Å². The smallest absolute Gasteiger partial charge is 0.191 e. The number of rotatable bonds is 9. The molecule has 1 saturated heterocycles. The lowest BCUT2D eigenvalue weighted by Crippen LogP contribution is -2.50. The number of nitrogens with one attached hydrogen (secondary N) is 2. The van der Waals surface area contributed by atoms with Gasteiger partial charge in [-0.05, 0) is 37.8 Å². The van der Waals surface area contributed by atoms with Crippen LogP contribution in [0.2, 0.25) is 0 Å². The van der Waals surface area contributed by atoms with Crippen molar-refractivity contribution in [3.63, 3.8) is 0 Å². The third kappa shape index (κ3) is 7.52. The number of benzene rings is 1. The van der Waals surface area contributed by atoms with E-state index in [1.54, 1.807) is 14.2 Å². The van der Waals surface area contributed by atoms with E-state index < -0.39 is 0 Å². The van der Waals surface area contributed by atoms with Crippen LogP contribution in [0.3, 0.4) is 0 Å². The van der Waals surface area contributed by atoms with Crippen LogP contribution in [-0.4, -0.2) is 51.6 Å². The Kier molecular flexibility index (Phi) is 9.24. The molecule has 2 rings (SSSR count). The molecule has 1 fully saturated rings. The van der Waals surface area contributed by atoms with E-state index in [-0.39, 0.29) is 11.7 Å². The Bertz CT molecular complexity index is 655. The summed E-state index contributed by atoms with van der Waals surface area (Å²) in [7, 11) is 3.56. The first-order valence-corrected chi connectivity index (χ1v) is 10.7. The molecule has 6 nitrogen and oxygen atoms in total. The summed E-state index contributed by atoms with van der Waals surface area (Å²) in [5.41, 5.74) is 2.13. The maximum absolute atomic E-state index is 6.26. The van der Waals surface area contributed by atoms with E-state index in [1.807, 2.05) is 0 Å². The van der Waals surface area contributed by atoms with Crippen LogP contribution in [0.1, 0.15) is 51.2 Å². The Hall–Kier alpha value is -1.79. The average Bonchev–Trinajstić information content (AvgIpc) is 2.69. The number of methoxy groups -OCH3 is 1. The highest BCUT2D eigenvalue weighted by Crippen LogP contribution is 2.24. The second-order valence-corrected chi connectivity index (χ2v) is 8.45. The maximum Gasteiger partial charge on any atom is 0.191 e. The minimum atomic E-state index is -0.194. The largest absolute Gasteiger partial charge is 0.490 e. The molecule has 29 heavy (non-hydrogen) atoms. The number of hydrogen-bond donors (Lipinski definition) is 2. The molecule has 1 heterocycles. The summed E-state index contributed by atoms with van der Waals surface area (Å²) in [4.78, 5) is 4.37. The molecule has 0 aromatic heterocycles. The molecular weight excluding hydrogens is 366 g/mol. The van der Waals surface area contributed by atoms with E-state index in [9.17, 15) is 0 Å². The Balaban J connectivity index is 1.96. The molecule has 1 aliphatic heterocycles. The topological polar surface area (TPSA) is 64.1 Å². The molecule has 0 aliphatic carbocycles. The zero-order chi connectivity index (χ0) is 21.3. The number of ether oxygens (including phenoxy) is 3. The lowest BCUT2D eigenvalue weighted by molar-refractivity contribution is -0.0855.